The molecule has 0 saturated carbocycles. The fraction of sp³-hybridized carbons (Fsp3) is 0.118. The van der Waals surface area contributed by atoms with Crippen molar-refractivity contribution in [2.24, 2.45) is 0 Å². The maximum atomic E-state index is 8.76. The molecule has 106 valence electrons. The van der Waals surface area contributed by atoms with E-state index >= 15 is 0 Å². The predicted molar refractivity (Wildman–Crippen MR) is 81.1 cm³/mol. The molecule has 2 rings (SSSR count). The lowest BCUT2D eigenvalue weighted by Gasteiger charge is -2.07. The number of hydroxylamine groups is 1. The van der Waals surface area contributed by atoms with Crippen molar-refractivity contribution < 1.29 is 9.94 Å². The minimum absolute atomic E-state index is 0.117. The van der Waals surface area contributed by atoms with Gasteiger partial charge in [-0.1, -0.05) is 24.3 Å². The molecule has 0 radical (unpaired) electrons. The summed E-state index contributed by atoms with van der Waals surface area (Å²) in [6.45, 7) is 1.84. The highest BCUT2D eigenvalue weighted by Crippen LogP contribution is 2.23. The van der Waals surface area contributed by atoms with E-state index in [4.69, 9.17) is 15.2 Å². The third-order valence-corrected chi connectivity index (χ3v) is 2.86. The van der Waals surface area contributed by atoms with Crippen molar-refractivity contribution in [2.45, 2.75) is 13.0 Å². The van der Waals surface area contributed by atoms with Crippen molar-refractivity contribution in [3.63, 3.8) is 0 Å². The summed E-state index contributed by atoms with van der Waals surface area (Å²) in [6.07, 6.45) is 3.75. The molecule has 0 spiro atoms. The van der Waals surface area contributed by atoms with Crippen LogP contribution in [0.15, 0.2) is 54.6 Å². The molecular weight excluding hydrogens is 264 g/mol. The zero-order chi connectivity index (χ0) is 15.1. The number of hydrogen-bond acceptors (Lipinski definition) is 4. The molecule has 0 amide bonds. The Labute approximate surface area is 123 Å². The summed E-state index contributed by atoms with van der Waals surface area (Å²) in [4.78, 5) is 0. The predicted octanol–water partition coefficient (Wildman–Crippen LogP) is 3.73. The first-order valence-corrected chi connectivity index (χ1v) is 6.57. The third-order valence-electron chi connectivity index (χ3n) is 2.86. The summed E-state index contributed by atoms with van der Waals surface area (Å²) in [7, 11) is 0. The molecule has 2 aromatic carbocycles. The van der Waals surface area contributed by atoms with Gasteiger partial charge in [0, 0.05) is 6.04 Å². The van der Waals surface area contributed by atoms with Gasteiger partial charge in [0.1, 0.15) is 11.5 Å². The maximum absolute atomic E-state index is 8.76. The Hall–Kier alpha value is -2.61. The van der Waals surface area contributed by atoms with Crippen LogP contribution in [0.1, 0.15) is 18.1 Å². The Balaban J connectivity index is 2.10. The van der Waals surface area contributed by atoms with Gasteiger partial charge in [-0.15, -0.1) is 0 Å². The van der Waals surface area contributed by atoms with Gasteiger partial charge < -0.3 is 9.94 Å². The molecular formula is C17H16N2O2. The standard InChI is InChI=1S/C17H16N2O2/c1-13(19-20)5-6-14-3-2-4-17(11-14)21-16-9-7-15(12-18)8-10-16/h2-11,13,19-20H,1H3/t13-/m1/s1. The second kappa shape index (κ2) is 7.25. The number of ether oxygens (including phenoxy) is 1. The van der Waals surface area contributed by atoms with Gasteiger partial charge in [-0.2, -0.15) is 10.7 Å². The zero-order valence-corrected chi connectivity index (χ0v) is 11.7. The number of rotatable bonds is 5. The van der Waals surface area contributed by atoms with Crippen LogP contribution in [0.2, 0.25) is 0 Å². The molecule has 0 bridgehead atoms. The Kier molecular flexibility index (Phi) is 5.10. The lowest BCUT2D eigenvalue weighted by molar-refractivity contribution is 0.150. The molecule has 0 aliphatic heterocycles. The number of nitrogens with zero attached hydrogens (tertiary/aromatic N) is 1. The molecule has 4 heteroatoms. The van der Waals surface area contributed by atoms with E-state index in [1.54, 1.807) is 24.3 Å². The second-order valence-corrected chi connectivity index (χ2v) is 4.59. The molecule has 0 aromatic heterocycles. The molecule has 2 aromatic rings. The van der Waals surface area contributed by atoms with Gasteiger partial charge in [-0.05, 0) is 48.9 Å². The fourth-order valence-corrected chi connectivity index (χ4v) is 1.71. The van der Waals surface area contributed by atoms with Crippen molar-refractivity contribution in [3.8, 4) is 17.6 Å². The van der Waals surface area contributed by atoms with E-state index in [1.807, 2.05) is 43.3 Å². The van der Waals surface area contributed by atoms with Crippen LogP contribution in [0.5, 0.6) is 11.5 Å². The monoisotopic (exact) mass is 280 g/mol. The maximum Gasteiger partial charge on any atom is 0.128 e. The van der Waals surface area contributed by atoms with Gasteiger partial charge in [0.25, 0.3) is 0 Å². The summed E-state index contributed by atoms with van der Waals surface area (Å²) in [5.41, 5.74) is 3.73. The van der Waals surface area contributed by atoms with Crippen LogP contribution < -0.4 is 10.2 Å². The lowest BCUT2D eigenvalue weighted by atomic mass is 10.1. The molecule has 21 heavy (non-hydrogen) atoms. The smallest absolute Gasteiger partial charge is 0.128 e. The first-order valence-electron chi connectivity index (χ1n) is 6.57. The molecule has 0 fully saturated rings. The van der Waals surface area contributed by atoms with Gasteiger partial charge >= 0.3 is 0 Å². The quantitative estimate of drug-likeness (QED) is 0.819. The Morgan fingerprint density at radius 3 is 2.62 bits per heavy atom. The lowest BCUT2D eigenvalue weighted by Crippen LogP contribution is -2.18. The van der Waals surface area contributed by atoms with Crippen molar-refractivity contribution in [1.82, 2.24) is 5.48 Å². The zero-order valence-electron chi connectivity index (χ0n) is 11.7. The summed E-state index contributed by atoms with van der Waals surface area (Å²) >= 11 is 0. The fourth-order valence-electron chi connectivity index (χ4n) is 1.71. The molecule has 0 heterocycles. The van der Waals surface area contributed by atoms with Crippen LogP contribution in [-0.4, -0.2) is 11.2 Å². The van der Waals surface area contributed by atoms with E-state index in [0.29, 0.717) is 17.1 Å². The molecule has 1 atom stereocenters. The van der Waals surface area contributed by atoms with Crippen molar-refractivity contribution in [2.75, 3.05) is 0 Å². The van der Waals surface area contributed by atoms with Crippen LogP contribution in [-0.2, 0) is 0 Å². The summed E-state index contributed by atoms with van der Waals surface area (Å²) in [5.74, 6) is 1.40. The normalized spacial score (nSPS) is 12.0. The number of hydrogen-bond donors (Lipinski definition) is 2. The second-order valence-electron chi connectivity index (χ2n) is 4.59. The van der Waals surface area contributed by atoms with Gasteiger partial charge in [0.2, 0.25) is 0 Å². The summed E-state index contributed by atoms with van der Waals surface area (Å²) < 4.78 is 5.74. The van der Waals surface area contributed by atoms with E-state index in [9.17, 15) is 0 Å². The minimum Gasteiger partial charge on any atom is -0.457 e. The van der Waals surface area contributed by atoms with Gasteiger partial charge in [0.15, 0.2) is 0 Å². The average molecular weight is 280 g/mol. The minimum atomic E-state index is -0.117. The van der Waals surface area contributed by atoms with Crippen LogP contribution >= 0.6 is 0 Å². The molecule has 0 aliphatic carbocycles. The van der Waals surface area contributed by atoms with Gasteiger partial charge in [0.05, 0.1) is 11.6 Å². The van der Waals surface area contributed by atoms with Crippen LogP contribution in [0.4, 0.5) is 0 Å². The highest BCUT2D eigenvalue weighted by molar-refractivity contribution is 5.52. The molecule has 0 saturated heterocycles. The summed E-state index contributed by atoms with van der Waals surface area (Å²) in [6, 6.07) is 16.5. The highest BCUT2D eigenvalue weighted by Gasteiger charge is 1.99. The largest absolute Gasteiger partial charge is 0.457 e. The Bertz CT molecular complexity index is 657. The van der Waals surface area contributed by atoms with Crippen molar-refractivity contribution in [1.29, 1.82) is 5.26 Å². The van der Waals surface area contributed by atoms with Gasteiger partial charge in [-0.25, -0.2) is 0 Å². The van der Waals surface area contributed by atoms with E-state index in [-0.39, 0.29) is 6.04 Å². The van der Waals surface area contributed by atoms with Crippen LogP contribution in [0, 0.1) is 11.3 Å². The first kappa shape index (κ1) is 14.8. The Morgan fingerprint density at radius 2 is 1.95 bits per heavy atom. The van der Waals surface area contributed by atoms with E-state index in [2.05, 4.69) is 11.5 Å². The number of nitriles is 1. The number of nitrogens with one attached hydrogen (secondary N) is 1. The SMILES string of the molecule is C[C@H](C=Cc1cccc(Oc2ccc(C#N)cc2)c1)NO. The van der Waals surface area contributed by atoms with E-state index in [0.717, 1.165) is 5.56 Å². The molecule has 4 nitrogen and oxygen atoms in total. The van der Waals surface area contributed by atoms with Crippen molar-refractivity contribution in [3.05, 3.63) is 65.7 Å². The summed E-state index contributed by atoms with van der Waals surface area (Å²) in [5, 5.41) is 17.5. The topological polar surface area (TPSA) is 65.3 Å². The first-order chi connectivity index (χ1) is 10.2. The average Bonchev–Trinajstić information content (AvgIpc) is 2.53. The Morgan fingerprint density at radius 1 is 1.19 bits per heavy atom. The highest BCUT2D eigenvalue weighted by atomic mass is 16.5. The van der Waals surface area contributed by atoms with Gasteiger partial charge in [-0.3, -0.25) is 0 Å². The molecule has 2 N–H and O–H groups in total. The van der Waals surface area contributed by atoms with Crippen molar-refractivity contribution >= 4 is 6.08 Å². The number of benzene rings is 2. The van der Waals surface area contributed by atoms with Crippen LogP contribution in [0.25, 0.3) is 6.08 Å². The molecule has 0 aliphatic rings. The van der Waals surface area contributed by atoms with E-state index < -0.39 is 0 Å². The third kappa shape index (κ3) is 4.46. The molecule has 0 unspecified atom stereocenters. The van der Waals surface area contributed by atoms with E-state index in [1.165, 1.54) is 0 Å². The van der Waals surface area contributed by atoms with Crippen LogP contribution in [0.3, 0.4) is 0 Å².